The van der Waals surface area contributed by atoms with Crippen molar-refractivity contribution in [2.45, 2.75) is 104 Å². The maximum atomic E-state index is 10.4. The number of rotatable bonds is 1. The lowest BCUT2D eigenvalue weighted by Crippen LogP contribution is -2.65. The quantitative estimate of drug-likeness (QED) is 0.600. The van der Waals surface area contributed by atoms with E-state index in [-0.39, 0.29) is 5.41 Å². The van der Waals surface area contributed by atoms with Gasteiger partial charge >= 0.3 is 0 Å². The Labute approximate surface area is 173 Å². The summed E-state index contributed by atoms with van der Waals surface area (Å²) in [5.74, 6) is 4.04. The third-order valence-corrected chi connectivity index (χ3v) is 12.5. The first-order valence-corrected chi connectivity index (χ1v) is 12.6. The standard InChI is InChI=1S/C26H45NO/c1-17-18-9-13-25(4)22(23(18,2)12-10-21(17)27)8-7-19-20-6-5-11-26(20,16-28)15-14-24(19,25)3/h17-22,28H,5-16,27H2,1-4H3/t17?,18?,19?,20?,21?,22?,23?,24-,25?,26?/m1/s1. The van der Waals surface area contributed by atoms with Gasteiger partial charge in [0.1, 0.15) is 0 Å². The van der Waals surface area contributed by atoms with E-state index in [0.29, 0.717) is 34.8 Å². The van der Waals surface area contributed by atoms with E-state index in [1.165, 1.54) is 70.6 Å². The SMILES string of the molecule is CC1C(N)CCC2(C)C1CCC1(C)C2CCC2C3CCCC3(CO)CC[C@]21C. The van der Waals surface area contributed by atoms with Gasteiger partial charge in [0.05, 0.1) is 0 Å². The Morgan fingerprint density at radius 1 is 0.786 bits per heavy atom. The van der Waals surface area contributed by atoms with E-state index >= 15 is 0 Å². The van der Waals surface area contributed by atoms with Crippen LogP contribution in [-0.4, -0.2) is 17.8 Å². The van der Waals surface area contributed by atoms with Crippen molar-refractivity contribution in [2.24, 2.45) is 57.0 Å². The van der Waals surface area contributed by atoms with Crippen molar-refractivity contribution < 1.29 is 5.11 Å². The molecule has 5 saturated carbocycles. The van der Waals surface area contributed by atoms with Crippen molar-refractivity contribution in [1.29, 1.82) is 0 Å². The lowest BCUT2D eigenvalue weighted by molar-refractivity contribution is -0.229. The summed E-state index contributed by atoms with van der Waals surface area (Å²) in [6, 6.07) is 0.424. The summed E-state index contributed by atoms with van der Waals surface area (Å²) < 4.78 is 0. The monoisotopic (exact) mass is 387 g/mol. The van der Waals surface area contributed by atoms with Crippen molar-refractivity contribution >= 4 is 0 Å². The molecule has 5 fully saturated rings. The van der Waals surface area contributed by atoms with Crippen molar-refractivity contribution in [1.82, 2.24) is 0 Å². The maximum absolute atomic E-state index is 10.4. The van der Waals surface area contributed by atoms with Crippen LogP contribution in [-0.2, 0) is 0 Å². The normalized spacial score (nSPS) is 61.1. The minimum Gasteiger partial charge on any atom is -0.396 e. The number of hydrogen-bond acceptors (Lipinski definition) is 2. The van der Waals surface area contributed by atoms with E-state index in [0.717, 1.165) is 23.7 Å². The topological polar surface area (TPSA) is 46.2 Å². The van der Waals surface area contributed by atoms with Gasteiger partial charge in [0.15, 0.2) is 0 Å². The first-order chi connectivity index (χ1) is 13.2. The van der Waals surface area contributed by atoms with Crippen LogP contribution in [0, 0.1) is 51.2 Å². The summed E-state index contributed by atoms with van der Waals surface area (Å²) in [7, 11) is 0. The molecule has 5 aliphatic carbocycles. The third kappa shape index (κ3) is 2.23. The van der Waals surface area contributed by atoms with Gasteiger partial charge < -0.3 is 10.8 Å². The number of hydrogen-bond donors (Lipinski definition) is 2. The van der Waals surface area contributed by atoms with Crippen molar-refractivity contribution in [3.63, 3.8) is 0 Å². The number of fused-ring (bicyclic) bond motifs is 7. The van der Waals surface area contributed by atoms with Crippen LogP contribution in [0.25, 0.3) is 0 Å². The largest absolute Gasteiger partial charge is 0.396 e. The lowest BCUT2D eigenvalue weighted by atomic mass is 9.33. The van der Waals surface area contributed by atoms with Crippen LogP contribution >= 0.6 is 0 Å². The van der Waals surface area contributed by atoms with Gasteiger partial charge in [0.2, 0.25) is 0 Å². The van der Waals surface area contributed by atoms with Gasteiger partial charge in [-0.25, -0.2) is 0 Å². The molecule has 0 aliphatic heterocycles. The van der Waals surface area contributed by atoms with Crippen LogP contribution in [0.4, 0.5) is 0 Å². The smallest absolute Gasteiger partial charge is 0.0490 e. The Morgan fingerprint density at radius 3 is 2.32 bits per heavy atom. The molecule has 0 aromatic heterocycles. The molecule has 9 unspecified atom stereocenters. The molecule has 0 bridgehead atoms. The second-order valence-corrected chi connectivity index (χ2v) is 12.8. The molecule has 5 rings (SSSR count). The third-order valence-electron chi connectivity index (χ3n) is 12.5. The molecule has 0 saturated heterocycles. The molecular weight excluding hydrogens is 342 g/mol. The van der Waals surface area contributed by atoms with Crippen molar-refractivity contribution in [3.8, 4) is 0 Å². The molecule has 3 N–H and O–H groups in total. The fourth-order valence-electron chi connectivity index (χ4n) is 10.6. The van der Waals surface area contributed by atoms with Crippen LogP contribution < -0.4 is 5.73 Å². The highest BCUT2D eigenvalue weighted by atomic mass is 16.3. The number of nitrogens with two attached hydrogens (primary N) is 1. The second-order valence-electron chi connectivity index (χ2n) is 12.8. The minimum absolute atomic E-state index is 0.278. The zero-order valence-electron chi connectivity index (χ0n) is 19.0. The van der Waals surface area contributed by atoms with Gasteiger partial charge in [0.25, 0.3) is 0 Å². The van der Waals surface area contributed by atoms with Gasteiger partial charge in [-0.3, -0.25) is 0 Å². The molecular formula is C26H45NO. The number of aliphatic hydroxyl groups is 1. The molecule has 0 spiro atoms. The van der Waals surface area contributed by atoms with Gasteiger partial charge in [0, 0.05) is 12.6 Å². The first-order valence-electron chi connectivity index (χ1n) is 12.6. The van der Waals surface area contributed by atoms with Gasteiger partial charge in [-0.05, 0) is 115 Å². The molecule has 0 heterocycles. The fraction of sp³-hybridized carbons (Fsp3) is 1.00. The van der Waals surface area contributed by atoms with Crippen LogP contribution in [0.3, 0.4) is 0 Å². The summed E-state index contributed by atoms with van der Waals surface area (Å²) >= 11 is 0. The van der Waals surface area contributed by atoms with Gasteiger partial charge in [-0.2, -0.15) is 0 Å². The zero-order valence-corrected chi connectivity index (χ0v) is 19.0. The van der Waals surface area contributed by atoms with Gasteiger partial charge in [-0.1, -0.05) is 34.1 Å². The molecule has 28 heavy (non-hydrogen) atoms. The predicted octanol–water partition coefficient (Wildman–Crippen LogP) is 5.77. The highest BCUT2D eigenvalue weighted by Crippen LogP contribution is 2.75. The summed E-state index contributed by atoms with van der Waals surface area (Å²) in [6.07, 6.45) is 14.9. The zero-order chi connectivity index (χ0) is 19.9. The second kappa shape index (κ2) is 6.22. The average Bonchev–Trinajstić information content (AvgIpc) is 3.10. The summed E-state index contributed by atoms with van der Waals surface area (Å²) in [6.45, 7) is 11.0. The molecule has 5 aliphatic rings. The first kappa shape index (κ1) is 19.9. The number of aliphatic hydroxyl groups excluding tert-OH is 1. The molecule has 0 amide bonds. The van der Waals surface area contributed by atoms with Crippen molar-refractivity contribution in [3.05, 3.63) is 0 Å². The van der Waals surface area contributed by atoms with E-state index in [1.54, 1.807) is 0 Å². The van der Waals surface area contributed by atoms with E-state index < -0.39 is 0 Å². The minimum atomic E-state index is 0.278. The molecule has 0 aromatic rings. The summed E-state index contributed by atoms with van der Waals surface area (Å²) in [5.41, 5.74) is 8.27. The Hall–Kier alpha value is -0.0800. The summed E-state index contributed by atoms with van der Waals surface area (Å²) in [4.78, 5) is 0. The van der Waals surface area contributed by atoms with E-state index in [1.807, 2.05) is 0 Å². The average molecular weight is 388 g/mol. The molecule has 160 valence electrons. The Morgan fingerprint density at radius 2 is 1.57 bits per heavy atom. The highest BCUT2D eigenvalue weighted by Gasteiger charge is 2.68. The molecule has 10 atom stereocenters. The molecule has 0 aromatic carbocycles. The van der Waals surface area contributed by atoms with E-state index in [9.17, 15) is 5.11 Å². The molecule has 0 radical (unpaired) electrons. The predicted molar refractivity (Wildman–Crippen MR) is 116 cm³/mol. The van der Waals surface area contributed by atoms with Crippen LogP contribution in [0.15, 0.2) is 0 Å². The molecule has 2 nitrogen and oxygen atoms in total. The van der Waals surface area contributed by atoms with Crippen LogP contribution in [0.5, 0.6) is 0 Å². The van der Waals surface area contributed by atoms with Crippen molar-refractivity contribution in [2.75, 3.05) is 6.61 Å². The fourth-order valence-corrected chi connectivity index (χ4v) is 10.6. The molecule has 2 heteroatoms. The summed E-state index contributed by atoms with van der Waals surface area (Å²) in [5, 5.41) is 10.4. The van der Waals surface area contributed by atoms with Crippen LogP contribution in [0.2, 0.25) is 0 Å². The highest BCUT2D eigenvalue weighted by molar-refractivity contribution is 5.17. The Balaban J connectivity index is 1.51. The Bertz CT molecular complexity index is 634. The van der Waals surface area contributed by atoms with E-state index in [4.69, 9.17) is 5.73 Å². The lowest BCUT2D eigenvalue weighted by Gasteiger charge is -2.71. The Kier molecular flexibility index (Phi) is 4.41. The van der Waals surface area contributed by atoms with Gasteiger partial charge in [-0.15, -0.1) is 0 Å². The van der Waals surface area contributed by atoms with Crippen LogP contribution in [0.1, 0.15) is 98.3 Å². The van der Waals surface area contributed by atoms with E-state index in [2.05, 4.69) is 27.7 Å². The maximum Gasteiger partial charge on any atom is 0.0490 e.